The zero-order chi connectivity index (χ0) is 8.39. The van der Waals surface area contributed by atoms with Crippen molar-refractivity contribution in [1.82, 2.24) is 5.32 Å². The van der Waals surface area contributed by atoms with Gasteiger partial charge in [-0.1, -0.05) is 6.92 Å². The van der Waals surface area contributed by atoms with Crippen molar-refractivity contribution < 1.29 is 4.74 Å². The second-order valence-electron chi connectivity index (χ2n) is 4.04. The van der Waals surface area contributed by atoms with Gasteiger partial charge in [-0.05, 0) is 31.6 Å². The highest BCUT2D eigenvalue weighted by molar-refractivity contribution is 4.88. The maximum atomic E-state index is 5.70. The molecule has 1 aliphatic carbocycles. The third-order valence-corrected chi connectivity index (χ3v) is 3.04. The molecular formula is C10H19NO. The molecule has 0 radical (unpaired) electrons. The maximum absolute atomic E-state index is 5.70. The van der Waals surface area contributed by atoms with Crippen LogP contribution in [0.15, 0.2) is 0 Å². The molecular weight excluding hydrogens is 150 g/mol. The van der Waals surface area contributed by atoms with E-state index in [4.69, 9.17) is 4.74 Å². The van der Waals surface area contributed by atoms with E-state index in [9.17, 15) is 0 Å². The second-order valence-corrected chi connectivity index (χ2v) is 4.04. The molecule has 1 saturated heterocycles. The van der Waals surface area contributed by atoms with Gasteiger partial charge in [0, 0.05) is 19.2 Å². The Morgan fingerprint density at radius 1 is 1.33 bits per heavy atom. The highest BCUT2D eigenvalue weighted by atomic mass is 16.5. The van der Waals surface area contributed by atoms with E-state index < -0.39 is 0 Å². The van der Waals surface area contributed by atoms with Crippen LogP contribution >= 0.6 is 0 Å². The van der Waals surface area contributed by atoms with E-state index in [1.807, 2.05) is 0 Å². The van der Waals surface area contributed by atoms with Crippen LogP contribution in [0.2, 0.25) is 0 Å². The van der Waals surface area contributed by atoms with Crippen LogP contribution in [0.1, 0.15) is 32.6 Å². The largest absolute Gasteiger partial charge is 0.377 e. The van der Waals surface area contributed by atoms with Crippen LogP contribution in [-0.2, 0) is 4.74 Å². The van der Waals surface area contributed by atoms with Crippen LogP contribution in [0, 0.1) is 5.92 Å². The quantitative estimate of drug-likeness (QED) is 0.677. The van der Waals surface area contributed by atoms with E-state index >= 15 is 0 Å². The summed E-state index contributed by atoms with van der Waals surface area (Å²) < 4.78 is 5.70. The van der Waals surface area contributed by atoms with Gasteiger partial charge in [0.2, 0.25) is 0 Å². The average Bonchev–Trinajstić information content (AvgIpc) is 2.91. The average molecular weight is 169 g/mol. The van der Waals surface area contributed by atoms with Gasteiger partial charge in [0.25, 0.3) is 0 Å². The fourth-order valence-electron chi connectivity index (χ4n) is 1.97. The third kappa shape index (κ3) is 1.99. The fraction of sp³-hybridized carbons (Fsp3) is 1.00. The van der Waals surface area contributed by atoms with Crippen LogP contribution in [-0.4, -0.2) is 25.3 Å². The summed E-state index contributed by atoms with van der Waals surface area (Å²) in [6.45, 7) is 4.23. The first kappa shape index (κ1) is 8.52. The molecule has 2 heteroatoms. The van der Waals surface area contributed by atoms with Crippen LogP contribution in [0.3, 0.4) is 0 Å². The first-order chi connectivity index (χ1) is 5.90. The molecule has 0 bridgehead atoms. The minimum Gasteiger partial charge on any atom is -0.377 e. The number of nitrogens with one attached hydrogen (secondary N) is 1. The molecule has 0 amide bonds. The van der Waals surface area contributed by atoms with Gasteiger partial charge in [-0.3, -0.25) is 0 Å². The highest BCUT2D eigenvalue weighted by Crippen LogP contribution is 2.34. The zero-order valence-electron chi connectivity index (χ0n) is 7.88. The van der Waals surface area contributed by atoms with Gasteiger partial charge in [0.05, 0.1) is 6.10 Å². The van der Waals surface area contributed by atoms with Gasteiger partial charge >= 0.3 is 0 Å². The summed E-state index contributed by atoms with van der Waals surface area (Å²) in [5.41, 5.74) is 0. The Hall–Kier alpha value is -0.0800. The minimum absolute atomic E-state index is 0.466. The van der Waals surface area contributed by atoms with Crippen molar-refractivity contribution in [2.24, 2.45) is 5.92 Å². The van der Waals surface area contributed by atoms with Crippen LogP contribution in [0.25, 0.3) is 0 Å². The molecule has 2 aliphatic rings. The molecule has 1 heterocycles. The molecule has 2 unspecified atom stereocenters. The lowest BCUT2D eigenvalue weighted by Crippen LogP contribution is -2.34. The summed E-state index contributed by atoms with van der Waals surface area (Å²) in [4.78, 5) is 0. The van der Waals surface area contributed by atoms with E-state index in [0.29, 0.717) is 6.10 Å². The van der Waals surface area contributed by atoms with Crippen molar-refractivity contribution in [3.63, 3.8) is 0 Å². The predicted octanol–water partition coefficient (Wildman–Crippen LogP) is 1.55. The molecule has 1 aliphatic heterocycles. The Morgan fingerprint density at radius 2 is 2.17 bits per heavy atom. The summed E-state index contributed by atoms with van der Waals surface area (Å²) >= 11 is 0. The van der Waals surface area contributed by atoms with Crippen molar-refractivity contribution in [2.75, 3.05) is 13.2 Å². The van der Waals surface area contributed by atoms with Crippen molar-refractivity contribution >= 4 is 0 Å². The van der Waals surface area contributed by atoms with Gasteiger partial charge < -0.3 is 10.1 Å². The normalized spacial score (nSPS) is 37.8. The van der Waals surface area contributed by atoms with Gasteiger partial charge in [0.1, 0.15) is 0 Å². The van der Waals surface area contributed by atoms with Crippen LogP contribution in [0.5, 0.6) is 0 Å². The molecule has 2 fully saturated rings. The highest BCUT2D eigenvalue weighted by Gasteiger charge is 2.32. The molecule has 0 aromatic heterocycles. The minimum atomic E-state index is 0.466. The molecule has 2 atom stereocenters. The van der Waals surface area contributed by atoms with Crippen LogP contribution in [0.4, 0.5) is 0 Å². The van der Waals surface area contributed by atoms with E-state index in [-0.39, 0.29) is 0 Å². The van der Waals surface area contributed by atoms with Crippen molar-refractivity contribution in [3.05, 3.63) is 0 Å². The maximum Gasteiger partial charge on any atom is 0.0696 e. The Balaban J connectivity index is 1.80. The SMILES string of the molecule is CCC1CNC(C2CC2)CCO1. The topological polar surface area (TPSA) is 21.3 Å². The Morgan fingerprint density at radius 3 is 2.83 bits per heavy atom. The zero-order valence-corrected chi connectivity index (χ0v) is 7.88. The molecule has 1 saturated carbocycles. The van der Waals surface area contributed by atoms with Crippen molar-refractivity contribution in [2.45, 2.75) is 44.8 Å². The number of hydrogen-bond acceptors (Lipinski definition) is 2. The van der Waals surface area contributed by atoms with Gasteiger partial charge in [-0.2, -0.15) is 0 Å². The summed E-state index contributed by atoms with van der Waals surface area (Å²) in [5, 5.41) is 3.62. The third-order valence-electron chi connectivity index (χ3n) is 3.04. The first-order valence-corrected chi connectivity index (χ1v) is 5.25. The van der Waals surface area contributed by atoms with E-state index in [1.54, 1.807) is 0 Å². The lowest BCUT2D eigenvalue weighted by molar-refractivity contribution is 0.0641. The first-order valence-electron chi connectivity index (χ1n) is 5.25. The summed E-state index contributed by atoms with van der Waals surface area (Å²) in [6, 6.07) is 0.765. The molecule has 1 N–H and O–H groups in total. The lowest BCUT2D eigenvalue weighted by Gasteiger charge is -2.14. The molecule has 0 aromatic rings. The summed E-state index contributed by atoms with van der Waals surface area (Å²) in [7, 11) is 0. The predicted molar refractivity (Wildman–Crippen MR) is 49.2 cm³/mol. The molecule has 70 valence electrons. The van der Waals surface area contributed by atoms with Gasteiger partial charge in [-0.25, -0.2) is 0 Å². The molecule has 0 aromatic carbocycles. The van der Waals surface area contributed by atoms with E-state index in [0.717, 1.165) is 31.5 Å². The summed E-state index contributed by atoms with van der Waals surface area (Å²) in [5.74, 6) is 0.976. The smallest absolute Gasteiger partial charge is 0.0696 e. The van der Waals surface area contributed by atoms with Crippen molar-refractivity contribution in [1.29, 1.82) is 0 Å². The number of hydrogen-bond donors (Lipinski definition) is 1. The Bertz CT molecular complexity index is 145. The molecule has 0 spiro atoms. The second kappa shape index (κ2) is 3.75. The number of rotatable bonds is 2. The fourth-order valence-corrected chi connectivity index (χ4v) is 1.97. The molecule has 12 heavy (non-hydrogen) atoms. The monoisotopic (exact) mass is 169 g/mol. The Labute approximate surface area is 74.7 Å². The van der Waals surface area contributed by atoms with Crippen LogP contribution < -0.4 is 5.32 Å². The summed E-state index contributed by atoms with van der Waals surface area (Å²) in [6.07, 6.45) is 5.71. The molecule has 2 nitrogen and oxygen atoms in total. The number of ether oxygens (including phenoxy) is 1. The van der Waals surface area contributed by atoms with E-state index in [2.05, 4.69) is 12.2 Å². The van der Waals surface area contributed by atoms with Gasteiger partial charge in [-0.15, -0.1) is 0 Å². The lowest BCUT2D eigenvalue weighted by atomic mass is 10.1. The van der Waals surface area contributed by atoms with E-state index in [1.165, 1.54) is 19.3 Å². The molecule has 2 rings (SSSR count). The van der Waals surface area contributed by atoms with Crippen molar-refractivity contribution in [3.8, 4) is 0 Å². The standard InChI is InChI=1S/C10H19NO/c1-2-9-7-11-10(5-6-12-9)8-3-4-8/h8-11H,2-7H2,1H3. The van der Waals surface area contributed by atoms with Gasteiger partial charge in [0.15, 0.2) is 0 Å². The Kier molecular flexibility index (Phi) is 2.66.